The Morgan fingerprint density at radius 3 is 2.95 bits per heavy atom. The van der Waals surface area contributed by atoms with Crippen LogP contribution in [-0.4, -0.2) is 46.0 Å². The topological polar surface area (TPSA) is 93.5 Å². The Kier molecular flexibility index (Phi) is 3.84. The Morgan fingerprint density at radius 1 is 1.58 bits per heavy atom. The zero-order chi connectivity index (χ0) is 14.0. The molecule has 2 atom stereocenters. The molecule has 1 saturated heterocycles. The number of aryl methyl sites for hydroxylation is 2. The fourth-order valence-electron chi connectivity index (χ4n) is 2.15. The summed E-state index contributed by atoms with van der Waals surface area (Å²) in [5, 5.41) is 15.9. The first-order chi connectivity index (χ1) is 9.02. The zero-order valence-electron chi connectivity index (χ0n) is 10.9. The summed E-state index contributed by atoms with van der Waals surface area (Å²) in [4.78, 5) is 23.1. The van der Waals surface area contributed by atoms with Crippen molar-refractivity contribution in [1.29, 1.82) is 0 Å². The number of carboxylic acid groups (broad SMARTS) is 1. The van der Waals surface area contributed by atoms with Crippen molar-refractivity contribution in [2.75, 3.05) is 13.2 Å². The number of hydrogen-bond donors (Lipinski definition) is 2. The molecule has 104 valence electrons. The van der Waals surface area contributed by atoms with E-state index in [2.05, 4.69) is 10.4 Å². The highest BCUT2D eigenvalue weighted by Crippen LogP contribution is 2.15. The molecule has 2 unspecified atom stereocenters. The molecule has 0 aromatic carbocycles. The molecule has 0 aliphatic carbocycles. The van der Waals surface area contributed by atoms with E-state index in [-0.39, 0.29) is 19.1 Å². The number of rotatable bonds is 4. The molecule has 1 aromatic rings. The fourth-order valence-corrected chi connectivity index (χ4v) is 2.15. The molecular weight excluding hydrogens is 250 g/mol. The van der Waals surface area contributed by atoms with Crippen LogP contribution in [-0.2, 0) is 16.1 Å². The Hall–Kier alpha value is -1.89. The Morgan fingerprint density at radius 2 is 2.32 bits per heavy atom. The molecule has 0 spiro atoms. The highest BCUT2D eigenvalue weighted by atomic mass is 16.5. The zero-order valence-corrected chi connectivity index (χ0v) is 10.9. The quantitative estimate of drug-likeness (QED) is 0.803. The van der Waals surface area contributed by atoms with Gasteiger partial charge >= 0.3 is 5.97 Å². The van der Waals surface area contributed by atoms with Gasteiger partial charge in [-0.1, -0.05) is 0 Å². The van der Waals surface area contributed by atoms with Crippen molar-refractivity contribution >= 4 is 11.9 Å². The van der Waals surface area contributed by atoms with Gasteiger partial charge in [0.05, 0.1) is 24.9 Å². The summed E-state index contributed by atoms with van der Waals surface area (Å²) in [6, 6.07) is 1.19. The first-order valence-corrected chi connectivity index (χ1v) is 6.18. The van der Waals surface area contributed by atoms with E-state index in [4.69, 9.17) is 9.84 Å². The summed E-state index contributed by atoms with van der Waals surface area (Å²) in [5.41, 5.74) is 1.19. The molecule has 19 heavy (non-hydrogen) atoms. The van der Waals surface area contributed by atoms with Gasteiger partial charge in [-0.2, -0.15) is 5.10 Å². The highest BCUT2D eigenvalue weighted by Gasteiger charge is 2.35. The molecule has 1 aromatic heterocycles. The van der Waals surface area contributed by atoms with E-state index in [1.807, 2.05) is 13.8 Å². The number of ether oxygens (including phenoxy) is 1. The van der Waals surface area contributed by atoms with Crippen molar-refractivity contribution in [1.82, 2.24) is 15.1 Å². The highest BCUT2D eigenvalue weighted by molar-refractivity contribution is 5.93. The third kappa shape index (κ3) is 2.76. The smallest absolute Gasteiger partial charge is 0.311 e. The monoisotopic (exact) mass is 267 g/mol. The lowest BCUT2D eigenvalue weighted by Gasteiger charge is -2.15. The Balaban J connectivity index is 2.10. The minimum Gasteiger partial charge on any atom is -0.481 e. The molecule has 1 amide bonds. The van der Waals surface area contributed by atoms with Crippen molar-refractivity contribution in [2.24, 2.45) is 5.92 Å². The van der Waals surface area contributed by atoms with Gasteiger partial charge in [0, 0.05) is 6.54 Å². The van der Waals surface area contributed by atoms with Crippen LogP contribution in [0.4, 0.5) is 0 Å². The lowest BCUT2D eigenvalue weighted by molar-refractivity contribution is -0.142. The van der Waals surface area contributed by atoms with Gasteiger partial charge in [-0.05, 0) is 19.9 Å². The first-order valence-electron chi connectivity index (χ1n) is 6.18. The number of amides is 1. The first kappa shape index (κ1) is 13.5. The molecule has 0 radical (unpaired) electrons. The molecule has 1 aliphatic heterocycles. The van der Waals surface area contributed by atoms with Crippen molar-refractivity contribution in [3.63, 3.8) is 0 Å². The van der Waals surface area contributed by atoms with Gasteiger partial charge in [-0.25, -0.2) is 0 Å². The average Bonchev–Trinajstić information content (AvgIpc) is 2.95. The summed E-state index contributed by atoms with van der Waals surface area (Å²) in [7, 11) is 0. The van der Waals surface area contributed by atoms with Gasteiger partial charge in [-0.3, -0.25) is 14.3 Å². The van der Waals surface area contributed by atoms with Gasteiger partial charge in [0.2, 0.25) is 0 Å². The van der Waals surface area contributed by atoms with Crippen LogP contribution in [0.1, 0.15) is 23.1 Å². The molecule has 1 aliphatic rings. The number of carbonyl (C=O) groups excluding carboxylic acids is 1. The van der Waals surface area contributed by atoms with Crippen LogP contribution in [0.15, 0.2) is 6.07 Å². The summed E-state index contributed by atoms with van der Waals surface area (Å²) in [6.45, 7) is 4.64. The van der Waals surface area contributed by atoms with Gasteiger partial charge < -0.3 is 15.2 Å². The molecule has 7 heteroatoms. The lowest BCUT2D eigenvalue weighted by Crippen LogP contribution is -2.43. The fraction of sp³-hybridized carbons (Fsp3) is 0.583. The van der Waals surface area contributed by atoms with Crippen LogP contribution in [0, 0.1) is 12.8 Å². The number of nitrogens with zero attached hydrogens (tertiary/aromatic N) is 2. The van der Waals surface area contributed by atoms with Crippen LogP contribution in [0.5, 0.6) is 0 Å². The van der Waals surface area contributed by atoms with Crippen LogP contribution in [0.25, 0.3) is 0 Å². The van der Waals surface area contributed by atoms with E-state index >= 15 is 0 Å². The lowest BCUT2D eigenvalue weighted by atomic mass is 10.0. The largest absolute Gasteiger partial charge is 0.481 e. The summed E-state index contributed by atoms with van der Waals surface area (Å²) < 4.78 is 6.71. The standard InChI is InChI=1S/C12H17N3O4/c1-3-15-10(4-7(2)14-15)11(16)13-9-6-19-5-8(9)12(17)18/h4,8-9H,3,5-6H2,1-2H3,(H,13,16)(H,17,18). The van der Waals surface area contributed by atoms with Crippen LogP contribution < -0.4 is 5.32 Å². The average molecular weight is 267 g/mol. The van der Waals surface area contributed by atoms with Gasteiger partial charge in [0.25, 0.3) is 5.91 Å². The second-order valence-corrected chi connectivity index (χ2v) is 4.55. The molecule has 0 saturated carbocycles. The van der Waals surface area contributed by atoms with Crippen molar-refractivity contribution in [2.45, 2.75) is 26.4 Å². The van der Waals surface area contributed by atoms with E-state index < -0.39 is 17.9 Å². The van der Waals surface area contributed by atoms with Gasteiger partial charge in [0.1, 0.15) is 11.6 Å². The number of nitrogens with one attached hydrogen (secondary N) is 1. The van der Waals surface area contributed by atoms with E-state index in [1.165, 1.54) is 0 Å². The van der Waals surface area contributed by atoms with Crippen molar-refractivity contribution in [3.05, 3.63) is 17.5 Å². The van der Waals surface area contributed by atoms with Gasteiger partial charge in [0.15, 0.2) is 0 Å². The maximum Gasteiger partial charge on any atom is 0.311 e. The second-order valence-electron chi connectivity index (χ2n) is 4.55. The maximum atomic E-state index is 12.1. The molecular formula is C12H17N3O4. The number of hydrogen-bond acceptors (Lipinski definition) is 4. The normalized spacial score (nSPS) is 22.4. The third-order valence-corrected chi connectivity index (χ3v) is 3.15. The molecule has 7 nitrogen and oxygen atoms in total. The Bertz CT molecular complexity index is 497. The predicted molar refractivity (Wildman–Crippen MR) is 65.8 cm³/mol. The van der Waals surface area contributed by atoms with Crippen molar-refractivity contribution < 1.29 is 19.4 Å². The third-order valence-electron chi connectivity index (χ3n) is 3.15. The number of aliphatic carboxylic acids is 1. The van der Waals surface area contributed by atoms with E-state index in [1.54, 1.807) is 10.7 Å². The number of carboxylic acids is 1. The number of carbonyl (C=O) groups is 2. The minimum atomic E-state index is -0.956. The molecule has 2 N–H and O–H groups in total. The number of aromatic nitrogens is 2. The maximum absolute atomic E-state index is 12.1. The molecule has 2 heterocycles. The molecule has 2 rings (SSSR count). The SMILES string of the molecule is CCn1nc(C)cc1C(=O)NC1COCC1C(=O)O. The van der Waals surface area contributed by atoms with Gasteiger partial charge in [-0.15, -0.1) is 0 Å². The Labute approximate surface area is 110 Å². The predicted octanol–water partition coefficient (Wildman–Crippen LogP) is 0.0408. The van der Waals surface area contributed by atoms with Crippen LogP contribution >= 0.6 is 0 Å². The molecule has 1 fully saturated rings. The molecule has 0 bridgehead atoms. The van der Waals surface area contributed by atoms with E-state index in [9.17, 15) is 9.59 Å². The van der Waals surface area contributed by atoms with E-state index in [0.29, 0.717) is 12.2 Å². The van der Waals surface area contributed by atoms with Crippen LogP contribution in [0.2, 0.25) is 0 Å². The summed E-state index contributed by atoms with van der Waals surface area (Å²) in [5.74, 6) is -1.96. The summed E-state index contributed by atoms with van der Waals surface area (Å²) >= 11 is 0. The second kappa shape index (κ2) is 5.40. The summed E-state index contributed by atoms with van der Waals surface area (Å²) in [6.07, 6.45) is 0. The minimum absolute atomic E-state index is 0.131. The van der Waals surface area contributed by atoms with E-state index in [0.717, 1.165) is 5.69 Å². The van der Waals surface area contributed by atoms with Crippen LogP contribution in [0.3, 0.4) is 0 Å². The van der Waals surface area contributed by atoms with Crippen molar-refractivity contribution in [3.8, 4) is 0 Å².